The van der Waals surface area contributed by atoms with Crippen LogP contribution in [0.1, 0.15) is 30.0 Å². The first kappa shape index (κ1) is 15.0. The van der Waals surface area contributed by atoms with Crippen LogP contribution in [0.4, 0.5) is 0 Å². The van der Waals surface area contributed by atoms with Crippen molar-refractivity contribution in [1.82, 2.24) is 5.32 Å². The van der Waals surface area contributed by atoms with Crippen molar-refractivity contribution in [3.05, 3.63) is 21.9 Å². The van der Waals surface area contributed by atoms with E-state index in [-0.39, 0.29) is 5.92 Å². The molecule has 3 nitrogen and oxygen atoms in total. The molecule has 5 heteroatoms. The van der Waals surface area contributed by atoms with Crippen molar-refractivity contribution in [1.29, 1.82) is 0 Å². The van der Waals surface area contributed by atoms with Gasteiger partial charge in [-0.1, -0.05) is 13.8 Å². The van der Waals surface area contributed by atoms with Gasteiger partial charge in [0, 0.05) is 15.8 Å². The van der Waals surface area contributed by atoms with Gasteiger partial charge in [-0.25, -0.2) is 8.42 Å². The van der Waals surface area contributed by atoms with Crippen LogP contribution in [0.3, 0.4) is 0 Å². The van der Waals surface area contributed by atoms with Crippen LogP contribution in [-0.4, -0.2) is 32.5 Å². The number of hydrogen-bond donors (Lipinski definition) is 1. The van der Waals surface area contributed by atoms with E-state index in [0.717, 1.165) is 25.8 Å². The second kappa shape index (κ2) is 6.37. The molecular formula is C14H23NO2S2. The topological polar surface area (TPSA) is 46.2 Å². The zero-order valence-corrected chi connectivity index (χ0v) is 13.3. The summed E-state index contributed by atoms with van der Waals surface area (Å²) in [7, 11) is -2.79. The highest BCUT2D eigenvalue weighted by Crippen LogP contribution is 2.26. The van der Waals surface area contributed by atoms with Crippen LogP contribution >= 0.6 is 11.3 Å². The molecule has 19 heavy (non-hydrogen) atoms. The quantitative estimate of drug-likeness (QED) is 0.877. The summed E-state index contributed by atoms with van der Waals surface area (Å²) in [6, 6.07) is 4.68. The van der Waals surface area contributed by atoms with Gasteiger partial charge in [-0.05, 0) is 43.9 Å². The summed E-state index contributed by atoms with van der Waals surface area (Å²) < 4.78 is 23.3. The van der Waals surface area contributed by atoms with Gasteiger partial charge >= 0.3 is 0 Å². The number of aryl methyl sites for hydroxylation is 1. The third-order valence-corrected chi connectivity index (χ3v) is 6.84. The molecule has 0 amide bonds. The van der Waals surface area contributed by atoms with Crippen molar-refractivity contribution >= 4 is 21.2 Å². The van der Waals surface area contributed by atoms with Crippen LogP contribution < -0.4 is 5.32 Å². The Kier molecular flexibility index (Phi) is 5.03. The van der Waals surface area contributed by atoms with Gasteiger partial charge in [0.2, 0.25) is 0 Å². The van der Waals surface area contributed by atoms with E-state index < -0.39 is 9.84 Å². The summed E-state index contributed by atoms with van der Waals surface area (Å²) in [6.45, 7) is 5.15. The fourth-order valence-electron chi connectivity index (χ4n) is 2.75. The van der Waals surface area contributed by atoms with E-state index in [0.29, 0.717) is 17.5 Å². The standard InChI is InChI=1S/C14H23NO2S2/c1-3-12-5-6-13(18-12)9-14(15-4-2)11-7-8-19(16,17)10-11/h5-6,11,14-15H,3-4,7-10H2,1-2H3. The number of nitrogens with one attached hydrogen (secondary N) is 1. The third kappa shape index (κ3) is 4.04. The Labute approximate surface area is 120 Å². The fraction of sp³-hybridized carbons (Fsp3) is 0.714. The van der Waals surface area contributed by atoms with Gasteiger partial charge in [-0.3, -0.25) is 0 Å². The van der Waals surface area contributed by atoms with Crippen LogP contribution in [0, 0.1) is 5.92 Å². The Hall–Kier alpha value is -0.390. The van der Waals surface area contributed by atoms with Crippen LogP contribution in [-0.2, 0) is 22.7 Å². The highest BCUT2D eigenvalue weighted by Gasteiger charge is 2.33. The summed E-state index contributed by atoms with van der Waals surface area (Å²) in [5, 5.41) is 3.48. The van der Waals surface area contributed by atoms with Crippen molar-refractivity contribution in [2.75, 3.05) is 18.1 Å². The van der Waals surface area contributed by atoms with Crippen LogP contribution in [0.5, 0.6) is 0 Å². The van der Waals surface area contributed by atoms with Gasteiger partial charge in [0.15, 0.2) is 9.84 Å². The molecule has 1 aliphatic rings. The molecule has 2 atom stereocenters. The lowest BCUT2D eigenvalue weighted by Crippen LogP contribution is -2.38. The van der Waals surface area contributed by atoms with Crippen molar-refractivity contribution in [3.63, 3.8) is 0 Å². The van der Waals surface area contributed by atoms with E-state index in [9.17, 15) is 8.42 Å². The Morgan fingerprint density at radius 3 is 2.63 bits per heavy atom. The lowest BCUT2D eigenvalue weighted by atomic mass is 9.95. The number of likely N-dealkylation sites (N-methyl/N-ethyl adjacent to an activating group) is 1. The van der Waals surface area contributed by atoms with E-state index in [2.05, 4.69) is 31.3 Å². The first-order valence-electron chi connectivity index (χ1n) is 7.05. The van der Waals surface area contributed by atoms with E-state index >= 15 is 0 Å². The molecule has 2 heterocycles. The zero-order valence-electron chi connectivity index (χ0n) is 11.7. The maximum absolute atomic E-state index is 11.6. The summed E-state index contributed by atoms with van der Waals surface area (Å²) in [4.78, 5) is 2.77. The highest BCUT2D eigenvalue weighted by molar-refractivity contribution is 7.91. The molecule has 0 saturated carbocycles. The molecule has 1 N–H and O–H groups in total. The predicted octanol–water partition coefficient (Wildman–Crippen LogP) is 2.27. The fourth-order valence-corrected chi connectivity index (χ4v) is 5.64. The summed E-state index contributed by atoms with van der Waals surface area (Å²) in [5.41, 5.74) is 0. The van der Waals surface area contributed by atoms with E-state index in [4.69, 9.17) is 0 Å². The van der Waals surface area contributed by atoms with Crippen molar-refractivity contribution < 1.29 is 8.42 Å². The smallest absolute Gasteiger partial charge is 0.150 e. The third-order valence-electron chi connectivity index (χ3n) is 3.79. The number of hydrogen-bond acceptors (Lipinski definition) is 4. The average Bonchev–Trinajstić information content (AvgIpc) is 2.95. The molecule has 0 spiro atoms. The molecule has 1 aromatic heterocycles. The first-order chi connectivity index (χ1) is 9.04. The minimum atomic E-state index is -2.79. The van der Waals surface area contributed by atoms with Crippen molar-refractivity contribution in [3.8, 4) is 0 Å². The highest BCUT2D eigenvalue weighted by atomic mass is 32.2. The monoisotopic (exact) mass is 301 g/mol. The van der Waals surface area contributed by atoms with E-state index in [1.165, 1.54) is 9.75 Å². The molecular weight excluding hydrogens is 278 g/mol. The number of thiophene rings is 1. The van der Waals surface area contributed by atoms with Gasteiger partial charge in [0.05, 0.1) is 11.5 Å². The van der Waals surface area contributed by atoms with Crippen LogP contribution in [0.15, 0.2) is 12.1 Å². The molecule has 1 saturated heterocycles. The number of rotatable bonds is 6. The zero-order chi connectivity index (χ0) is 13.9. The number of sulfone groups is 1. The summed E-state index contributed by atoms with van der Waals surface area (Å²) >= 11 is 1.86. The molecule has 1 aliphatic heterocycles. The summed E-state index contributed by atoms with van der Waals surface area (Å²) in [5.74, 6) is 0.998. The Morgan fingerprint density at radius 2 is 2.11 bits per heavy atom. The summed E-state index contributed by atoms with van der Waals surface area (Å²) in [6.07, 6.45) is 2.85. The second-order valence-corrected chi connectivity index (χ2v) is 8.73. The van der Waals surface area contributed by atoms with Gasteiger partial charge in [0.25, 0.3) is 0 Å². The van der Waals surface area contributed by atoms with Crippen LogP contribution in [0.2, 0.25) is 0 Å². The minimum absolute atomic E-state index is 0.275. The van der Waals surface area contributed by atoms with E-state index in [1.807, 2.05) is 11.3 Å². The molecule has 1 fully saturated rings. The molecule has 0 aliphatic carbocycles. The largest absolute Gasteiger partial charge is 0.314 e. The van der Waals surface area contributed by atoms with E-state index in [1.54, 1.807) is 0 Å². The predicted molar refractivity (Wildman–Crippen MR) is 81.6 cm³/mol. The molecule has 108 valence electrons. The normalized spacial score (nSPS) is 23.6. The molecule has 2 unspecified atom stereocenters. The van der Waals surface area contributed by atoms with Crippen LogP contribution in [0.25, 0.3) is 0 Å². The van der Waals surface area contributed by atoms with Gasteiger partial charge < -0.3 is 5.32 Å². The minimum Gasteiger partial charge on any atom is -0.314 e. The molecule has 1 aromatic rings. The van der Waals surface area contributed by atoms with Crippen molar-refractivity contribution in [2.45, 2.75) is 39.2 Å². The first-order valence-corrected chi connectivity index (χ1v) is 9.69. The molecule has 0 bridgehead atoms. The van der Waals surface area contributed by atoms with Gasteiger partial charge in [0.1, 0.15) is 0 Å². The maximum atomic E-state index is 11.6. The average molecular weight is 301 g/mol. The Morgan fingerprint density at radius 1 is 1.37 bits per heavy atom. The Balaban J connectivity index is 2.03. The van der Waals surface area contributed by atoms with Gasteiger partial charge in [-0.15, -0.1) is 11.3 Å². The lowest BCUT2D eigenvalue weighted by molar-refractivity contribution is 0.388. The Bertz CT molecular complexity index is 507. The lowest BCUT2D eigenvalue weighted by Gasteiger charge is -2.22. The second-order valence-electron chi connectivity index (χ2n) is 5.25. The SMILES string of the molecule is CCNC(Cc1ccc(CC)s1)C1CCS(=O)(=O)C1. The van der Waals surface area contributed by atoms with Crippen molar-refractivity contribution in [2.24, 2.45) is 5.92 Å². The molecule has 2 rings (SSSR count). The maximum Gasteiger partial charge on any atom is 0.150 e. The molecule has 0 aromatic carbocycles. The van der Waals surface area contributed by atoms with Gasteiger partial charge in [-0.2, -0.15) is 0 Å². The molecule has 0 radical (unpaired) electrons.